The summed E-state index contributed by atoms with van der Waals surface area (Å²) in [7, 11) is 0. The van der Waals surface area contributed by atoms with Gasteiger partial charge in [0.15, 0.2) is 0 Å². The number of carbonyl (C=O) groups is 1. The third-order valence-corrected chi connectivity index (χ3v) is 4.11. The molecular weight excluding hydrogens is 266 g/mol. The lowest BCUT2D eigenvalue weighted by molar-refractivity contribution is -0.123. The molecule has 4 nitrogen and oxygen atoms in total. The Morgan fingerprint density at radius 1 is 1.24 bits per heavy atom. The molecule has 0 saturated carbocycles. The molecular formula is C17H25NO3. The van der Waals surface area contributed by atoms with Crippen molar-refractivity contribution in [3.8, 4) is 0 Å². The van der Waals surface area contributed by atoms with Gasteiger partial charge in [-0.25, -0.2) is 0 Å². The van der Waals surface area contributed by atoms with Gasteiger partial charge in [-0.2, -0.15) is 0 Å². The Kier molecular flexibility index (Phi) is 5.76. The molecule has 1 aromatic carbocycles. The number of ether oxygens (including phenoxy) is 1. The number of hydrogen-bond acceptors (Lipinski definition) is 3. The first-order chi connectivity index (χ1) is 10.1. The predicted octanol–water partition coefficient (Wildman–Crippen LogP) is 1.84. The van der Waals surface area contributed by atoms with Crippen molar-refractivity contribution in [2.45, 2.75) is 44.6 Å². The van der Waals surface area contributed by atoms with Crippen molar-refractivity contribution >= 4 is 5.91 Å². The third kappa shape index (κ3) is 5.14. The number of rotatable bonds is 6. The van der Waals surface area contributed by atoms with E-state index in [1.165, 1.54) is 11.1 Å². The Balaban J connectivity index is 1.71. The van der Waals surface area contributed by atoms with Gasteiger partial charge >= 0.3 is 0 Å². The maximum atomic E-state index is 11.9. The highest BCUT2D eigenvalue weighted by molar-refractivity contribution is 5.76. The van der Waals surface area contributed by atoms with Crippen LogP contribution in [0.15, 0.2) is 24.3 Å². The zero-order valence-corrected chi connectivity index (χ0v) is 12.7. The minimum atomic E-state index is -0.795. The van der Waals surface area contributed by atoms with Crippen molar-refractivity contribution in [1.29, 1.82) is 0 Å². The molecule has 1 aromatic rings. The van der Waals surface area contributed by atoms with Crippen LogP contribution in [0, 0.1) is 0 Å². The highest BCUT2D eigenvalue weighted by Crippen LogP contribution is 2.19. The molecule has 0 bridgehead atoms. The lowest BCUT2D eigenvalue weighted by atomic mass is 9.94. The number of amides is 1. The van der Waals surface area contributed by atoms with Crippen molar-refractivity contribution in [1.82, 2.24) is 5.32 Å². The van der Waals surface area contributed by atoms with E-state index in [4.69, 9.17) is 4.74 Å². The van der Waals surface area contributed by atoms with Crippen LogP contribution in [0.5, 0.6) is 0 Å². The molecule has 1 amide bonds. The van der Waals surface area contributed by atoms with E-state index in [2.05, 4.69) is 36.5 Å². The molecule has 0 atom stereocenters. The topological polar surface area (TPSA) is 58.6 Å². The summed E-state index contributed by atoms with van der Waals surface area (Å²) in [5.41, 5.74) is 1.69. The average molecular weight is 291 g/mol. The number of hydrogen-bond donors (Lipinski definition) is 2. The van der Waals surface area contributed by atoms with Crippen LogP contribution in [0.3, 0.4) is 0 Å². The largest absolute Gasteiger partial charge is 0.388 e. The van der Waals surface area contributed by atoms with Crippen LogP contribution in [0.2, 0.25) is 0 Å². The predicted molar refractivity (Wildman–Crippen MR) is 82.2 cm³/mol. The number of aryl methyl sites for hydroxylation is 2. The highest BCUT2D eigenvalue weighted by atomic mass is 16.5. The zero-order chi connectivity index (χ0) is 15.1. The molecule has 1 aliphatic rings. The van der Waals surface area contributed by atoms with Gasteiger partial charge in [0.1, 0.15) is 0 Å². The van der Waals surface area contributed by atoms with Gasteiger partial charge in [-0.05, 0) is 24.0 Å². The molecule has 2 rings (SSSR count). The smallest absolute Gasteiger partial charge is 0.220 e. The molecule has 0 radical (unpaired) electrons. The first-order valence-corrected chi connectivity index (χ1v) is 7.76. The zero-order valence-electron chi connectivity index (χ0n) is 12.7. The molecule has 2 N–H and O–H groups in total. The van der Waals surface area contributed by atoms with Gasteiger partial charge in [0.2, 0.25) is 5.91 Å². The number of carbonyl (C=O) groups excluding carboxylic acids is 1. The normalized spacial score (nSPS) is 17.4. The van der Waals surface area contributed by atoms with E-state index in [0.717, 1.165) is 12.8 Å². The molecule has 4 heteroatoms. The van der Waals surface area contributed by atoms with Crippen molar-refractivity contribution in [3.05, 3.63) is 35.4 Å². The Morgan fingerprint density at radius 2 is 1.86 bits per heavy atom. The van der Waals surface area contributed by atoms with Crippen LogP contribution in [0.4, 0.5) is 0 Å². The first-order valence-electron chi connectivity index (χ1n) is 7.76. The summed E-state index contributed by atoms with van der Waals surface area (Å²) in [6.45, 7) is 3.58. The number of benzene rings is 1. The van der Waals surface area contributed by atoms with Crippen LogP contribution >= 0.6 is 0 Å². The fourth-order valence-electron chi connectivity index (χ4n) is 2.48. The number of nitrogens with one attached hydrogen (secondary N) is 1. The van der Waals surface area contributed by atoms with Crippen molar-refractivity contribution in [2.75, 3.05) is 19.8 Å². The highest BCUT2D eigenvalue weighted by Gasteiger charge is 2.29. The second kappa shape index (κ2) is 7.57. The fraction of sp³-hybridized carbons (Fsp3) is 0.588. The molecule has 1 fully saturated rings. The van der Waals surface area contributed by atoms with Crippen LogP contribution < -0.4 is 5.32 Å². The SMILES string of the molecule is CCc1ccc(CCC(=O)NCC2(O)CCOCC2)cc1. The molecule has 1 heterocycles. The molecule has 0 aromatic heterocycles. The van der Waals surface area contributed by atoms with E-state index in [1.807, 2.05) is 0 Å². The summed E-state index contributed by atoms with van der Waals surface area (Å²) in [5.74, 6) is -0.00511. The first kappa shape index (κ1) is 16.0. The van der Waals surface area contributed by atoms with E-state index >= 15 is 0 Å². The van der Waals surface area contributed by atoms with Gasteiger partial charge in [-0.15, -0.1) is 0 Å². The van der Waals surface area contributed by atoms with Crippen molar-refractivity contribution < 1.29 is 14.6 Å². The lowest BCUT2D eigenvalue weighted by Crippen LogP contribution is -2.46. The van der Waals surface area contributed by atoms with E-state index in [1.54, 1.807) is 0 Å². The van der Waals surface area contributed by atoms with Crippen molar-refractivity contribution in [3.63, 3.8) is 0 Å². The summed E-state index contributed by atoms with van der Waals surface area (Å²) in [4.78, 5) is 11.9. The second-order valence-corrected chi connectivity index (χ2v) is 5.78. The monoisotopic (exact) mass is 291 g/mol. The standard InChI is InChI=1S/C17H25NO3/c1-2-14-3-5-15(6-4-14)7-8-16(19)18-13-17(20)9-11-21-12-10-17/h3-6,20H,2,7-13H2,1H3,(H,18,19). The quantitative estimate of drug-likeness (QED) is 0.841. The Labute approximate surface area is 126 Å². The minimum Gasteiger partial charge on any atom is -0.388 e. The van der Waals surface area contributed by atoms with Gasteiger partial charge in [-0.3, -0.25) is 4.79 Å². The van der Waals surface area contributed by atoms with Crippen LogP contribution in [0.1, 0.15) is 37.3 Å². The van der Waals surface area contributed by atoms with E-state index in [9.17, 15) is 9.90 Å². The van der Waals surface area contributed by atoms with E-state index in [0.29, 0.717) is 39.0 Å². The van der Waals surface area contributed by atoms with Gasteiger partial charge in [-0.1, -0.05) is 31.2 Å². The van der Waals surface area contributed by atoms with Crippen LogP contribution in [-0.4, -0.2) is 36.4 Å². The third-order valence-electron chi connectivity index (χ3n) is 4.11. The van der Waals surface area contributed by atoms with Crippen LogP contribution in [-0.2, 0) is 22.4 Å². The van der Waals surface area contributed by atoms with Gasteiger partial charge in [0.25, 0.3) is 0 Å². The maximum Gasteiger partial charge on any atom is 0.220 e. The van der Waals surface area contributed by atoms with Gasteiger partial charge < -0.3 is 15.2 Å². The Hall–Kier alpha value is -1.39. The van der Waals surface area contributed by atoms with Crippen molar-refractivity contribution in [2.24, 2.45) is 0 Å². The second-order valence-electron chi connectivity index (χ2n) is 5.78. The molecule has 0 unspecified atom stereocenters. The fourth-order valence-corrected chi connectivity index (χ4v) is 2.48. The van der Waals surface area contributed by atoms with E-state index < -0.39 is 5.60 Å². The maximum absolute atomic E-state index is 11.9. The van der Waals surface area contributed by atoms with Gasteiger partial charge in [0, 0.05) is 39.0 Å². The Bertz CT molecular complexity index is 450. The summed E-state index contributed by atoms with van der Waals surface area (Å²) in [5, 5.41) is 13.1. The molecule has 0 spiro atoms. The Morgan fingerprint density at radius 3 is 2.48 bits per heavy atom. The minimum absolute atomic E-state index is 0.00511. The lowest BCUT2D eigenvalue weighted by Gasteiger charge is -2.32. The molecule has 21 heavy (non-hydrogen) atoms. The summed E-state index contributed by atoms with van der Waals surface area (Å²) in [6, 6.07) is 8.38. The van der Waals surface area contributed by atoms with E-state index in [-0.39, 0.29) is 5.91 Å². The summed E-state index contributed by atoms with van der Waals surface area (Å²) >= 11 is 0. The summed E-state index contributed by atoms with van der Waals surface area (Å²) < 4.78 is 5.22. The molecule has 116 valence electrons. The van der Waals surface area contributed by atoms with Crippen LogP contribution in [0.25, 0.3) is 0 Å². The average Bonchev–Trinajstić information content (AvgIpc) is 2.52. The molecule has 1 saturated heterocycles. The molecule has 1 aliphatic heterocycles. The molecule has 0 aliphatic carbocycles. The summed E-state index contributed by atoms with van der Waals surface area (Å²) in [6.07, 6.45) is 3.40. The van der Waals surface area contributed by atoms with Gasteiger partial charge in [0.05, 0.1) is 5.60 Å². The number of aliphatic hydroxyl groups is 1.